The first kappa shape index (κ1) is 28.7. The van der Waals surface area contributed by atoms with E-state index in [-0.39, 0.29) is 42.1 Å². The monoisotopic (exact) mass is 549 g/mol. The first-order valence-electron chi connectivity index (χ1n) is 13.6. The van der Waals surface area contributed by atoms with Crippen LogP contribution in [-0.2, 0) is 27.1 Å². The van der Waals surface area contributed by atoms with Gasteiger partial charge in [0.2, 0.25) is 0 Å². The fraction of sp³-hybridized carbons (Fsp3) is 0.467. The highest BCUT2D eigenvalue weighted by atomic mass is 28.4. The van der Waals surface area contributed by atoms with Gasteiger partial charge in [-0.05, 0) is 48.7 Å². The first-order chi connectivity index (χ1) is 18.5. The zero-order valence-corrected chi connectivity index (χ0v) is 24.6. The van der Waals surface area contributed by atoms with Gasteiger partial charge in [-0.2, -0.15) is 0 Å². The molecule has 2 atom stereocenters. The molecule has 0 N–H and O–H groups in total. The van der Waals surface area contributed by atoms with E-state index >= 15 is 0 Å². The molecule has 0 bridgehead atoms. The quantitative estimate of drug-likeness (QED) is 0.342. The molecular formula is C30H39N3O5Si. The molecule has 39 heavy (non-hydrogen) atoms. The largest absolute Gasteiger partial charge is 0.445 e. The number of carbonyl (C=O) groups excluding carboxylic acids is 2. The molecule has 1 aromatic heterocycles. The number of ether oxygens (including phenoxy) is 1. The van der Waals surface area contributed by atoms with Gasteiger partial charge in [-0.1, -0.05) is 63.2 Å². The van der Waals surface area contributed by atoms with Gasteiger partial charge < -0.3 is 14.1 Å². The average molecular weight is 550 g/mol. The highest BCUT2D eigenvalue weighted by Crippen LogP contribution is 2.39. The van der Waals surface area contributed by atoms with Crippen molar-refractivity contribution in [2.75, 3.05) is 6.54 Å². The maximum atomic E-state index is 13.4. The minimum atomic E-state index is -2.19. The van der Waals surface area contributed by atoms with Gasteiger partial charge in [-0.25, -0.2) is 9.78 Å². The third kappa shape index (κ3) is 6.83. The smallest absolute Gasteiger partial charge is 0.410 e. The molecule has 9 heteroatoms. The molecule has 4 rings (SSSR count). The van der Waals surface area contributed by atoms with Crippen LogP contribution in [0.2, 0.25) is 18.1 Å². The number of benzene rings is 2. The maximum absolute atomic E-state index is 13.4. The fourth-order valence-corrected chi connectivity index (χ4v) is 6.08. The van der Waals surface area contributed by atoms with Crippen molar-refractivity contribution in [2.45, 2.75) is 83.5 Å². The second kappa shape index (κ2) is 11.8. The number of hydrogen-bond acceptors (Lipinski definition) is 6. The van der Waals surface area contributed by atoms with Gasteiger partial charge in [-0.3, -0.25) is 14.2 Å². The van der Waals surface area contributed by atoms with Crippen LogP contribution >= 0.6 is 0 Å². The van der Waals surface area contributed by atoms with Crippen molar-refractivity contribution in [3.63, 3.8) is 0 Å². The number of piperidine rings is 1. The summed E-state index contributed by atoms with van der Waals surface area (Å²) in [5.74, 6) is -0.161. The van der Waals surface area contributed by atoms with Crippen LogP contribution in [0.4, 0.5) is 4.79 Å². The van der Waals surface area contributed by atoms with Crippen molar-refractivity contribution in [1.29, 1.82) is 0 Å². The van der Waals surface area contributed by atoms with Crippen molar-refractivity contribution in [2.24, 2.45) is 0 Å². The summed E-state index contributed by atoms with van der Waals surface area (Å²) in [7, 11) is -2.19. The predicted octanol–water partition coefficient (Wildman–Crippen LogP) is 5.55. The van der Waals surface area contributed by atoms with Crippen molar-refractivity contribution in [1.82, 2.24) is 14.5 Å². The zero-order valence-electron chi connectivity index (χ0n) is 23.6. The Morgan fingerprint density at radius 3 is 2.46 bits per heavy atom. The number of para-hydroxylation sites is 1. The molecular weight excluding hydrogens is 510 g/mol. The normalized spacial score (nSPS) is 18.2. The molecule has 0 aliphatic carbocycles. The minimum Gasteiger partial charge on any atom is -0.445 e. The Morgan fingerprint density at radius 1 is 1.05 bits per heavy atom. The van der Waals surface area contributed by atoms with E-state index in [1.165, 1.54) is 10.9 Å². The summed E-state index contributed by atoms with van der Waals surface area (Å²) >= 11 is 0. The summed E-state index contributed by atoms with van der Waals surface area (Å²) in [5.41, 5.74) is 1.23. The predicted molar refractivity (Wildman–Crippen MR) is 154 cm³/mol. The molecule has 1 saturated heterocycles. The number of rotatable bonds is 8. The molecule has 1 amide bonds. The zero-order chi connectivity index (χ0) is 28.2. The molecule has 1 fully saturated rings. The van der Waals surface area contributed by atoms with Gasteiger partial charge in [0.05, 0.1) is 35.9 Å². The van der Waals surface area contributed by atoms with E-state index < -0.39 is 20.5 Å². The molecule has 8 nitrogen and oxygen atoms in total. The van der Waals surface area contributed by atoms with Crippen molar-refractivity contribution in [3.05, 3.63) is 76.8 Å². The summed E-state index contributed by atoms with van der Waals surface area (Å²) < 4.78 is 13.8. The summed E-state index contributed by atoms with van der Waals surface area (Å²) in [4.78, 5) is 45.7. The summed E-state index contributed by atoms with van der Waals surface area (Å²) in [6.07, 6.45) is 2.25. The Kier molecular flexibility index (Phi) is 8.71. The van der Waals surface area contributed by atoms with Crippen LogP contribution < -0.4 is 5.56 Å². The molecule has 3 aromatic rings. The van der Waals surface area contributed by atoms with Crippen LogP contribution in [0, 0.1) is 0 Å². The number of nitrogens with zero attached hydrogens (tertiary/aromatic N) is 3. The fourth-order valence-electron chi connectivity index (χ4n) is 4.69. The number of amides is 1. The topological polar surface area (TPSA) is 90.7 Å². The van der Waals surface area contributed by atoms with Crippen molar-refractivity contribution in [3.8, 4) is 0 Å². The van der Waals surface area contributed by atoms with Gasteiger partial charge in [-0.15, -0.1) is 0 Å². The molecule has 0 spiro atoms. The van der Waals surface area contributed by atoms with Crippen LogP contribution in [0.3, 0.4) is 0 Å². The Hall–Kier alpha value is -3.30. The number of hydrogen-bond donors (Lipinski definition) is 0. The molecule has 0 unspecified atom stereocenters. The van der Waals surface area contributed by atoms with Crippen LogP contribution in [0.1, 0.15) is 45.6 Å². The Bertz CT molecular complexity index is 1370. The van der Waals surface area contributed by atoms with Crippen LogP contribution in [0.5, 0.6) is 0 Å². The van der Waals surface area contributed by atoms with Gasteiger partial charge in [0.25, 0.3) is 5.56 Å². The Balaban J connectivity index is 1.55. The van der Waals surface area contributed by atoms with E-state index in [9.17, 15) is 14.4 Å². The van der Waals surface area contributed by atoms with Gasteiger partial charge >= 0.3 is 6.09 Å². The lowest BCUT2D eigenvalue weighted by Crippen LogP contribution is -2.57. The number of aromatic nitrogens is 2. The standard InChI is InChI=1S/C30H39N3O5Si/c1-30(2,3)39(4,5)38-27-16-11-17-33(29(36)37-20-22-12-7-6-8-13-22)26(27)18-23(34)19-32-21-31-25-15-10-9-14-24(25)28(32)35/h6-10,12-15,21,26-27H,11,16-20H2,1-5H3/t26-,27-/m0/s1. The van der Waals surface area contributed by atoms with E-state index in [0.29, 0.717) is 17.4 Å². The van der Waals surface area contributed by atoms with Crippen LogP contribution in [-0.4, -0.2) is 53.3 Å². The van der Waals surface area contributed by atoms with Gasteiger partial charge in [0, 0.05) is 13.0 Å². The molecule has 0 radical (unpaired) electrons. The Morgan fingerprint density at radius 2 is 1.74 bits per heavy atom. The summed E-state index contributed by atoms with van der Waals surface area (Å²) in [6, 6.07) is 16.1. The second-order valence-electron chi connectivity index (χ2n) is 11.8. The molecule has 1 aliphatic rings. The molecule has 2 heterocycles. The lowest BCUT2D eigenvalue weighted by Gasteiger charge is -2.46. The SMILES string of the molecule is CC(C)(C)[Si](C)(C)O[C@H]1CCCN(C(=O)OCc2ccccc2)[C@H]1CC(=O)Cn1cnc2ccccc2c1=O. The van der Waals surface area contributed by atoms with E-state index in [1.54, 1.807) is 23.1 Å². The average Bonchev–Trinajstić information content (AvgIpc) is 2.90. The summed E-state index contributed by atoms with van der Waals surface area (Å²) in [6.45, 7) is 11.4. The minimum absolute atomic E-state index is 0.0261. The Labute approximate surface area is 231 Å². The molecule has 1 aliphatic heterocycles. The lowest BCUT2D eigenvalue weighted by molar-refractivity contribution is -0.122. The number of fused-ring (bicyclic) bond motifs is 1. The number of Topliss-reactive ketones (excluding diaryl/α,β-unsaturated/α-hetero) is 1. The van der Waals surface area contributed by atoms with Crippen LogP contribution in [0.15, 0.2) is 65.7 Å². The van der Waals surface area contributed by atoms with Crippen LogP contribution in [0.25, 0.3) is 10.9 Å². The highest BCUT2D eigenvalue weighted by molar-refractivity contribution is 6.74. The first-order valence-corrected chi connectivity index (χ1v) is 16.5. The highest BCUT2D eigenvalue weighted by Gasteiger charge is 2.44. The van der Waals surface area contributed by atoms with Crippen molar-refractivity contribution < 1.29 is 18.8 Å². The van der Waals surface area contributed by atoms with E-state index in [2.05, 4.69) is 38.8 Å². The third-order valence-electron chi connectivity index (χ3n) is 7.92. The molecule has 2 aromatic carbocycles. The third-order valence-corrected chi connectivity index (χ3v) is 12.4. The maximum Gasteiger partial charge on any atom is 0.410 e. The molecule has 208 valence electrons. The second-order valence-corrected chi connectivity index (χ2v) is 16.6. The number of ketones is 1. The van der Waals surface area contributed by atoms with Gasteiger partial charge in [0.1, 0.15) is 6.61 Å². The lowest BCUT2D eigenvalue weighted by atomic mass is 9.95. The van der Waals surface area contributed by atoms with E-state index in [4.69, 9.17) is 9.16 Å². The van der Waals surface area contributed by atoms with Crippen molar-refractivity contribution >= 4 is 31.1 Å². The van der Waals surface area contributed by atoms with Gasteiger partial charge in [0.15, 0.2) is 14.1 Å². The number of likely N-dealkylation sites (tertiary alicyclic amines) is 1. The summed E-state index contributed by atoms with van der Waals surface area (Å²) in [5, 5.41) is 0.442. The van der Waals surface area contributed by atoms with E-state index in [0.717, 1.165) is 18.4 Å². The number of carbonyl (C=O) groups is 2. The van der Waals surface area contributed by atoms with E-state index in [1.807, 2.05) is 36.4 Å². The molecule has 0 saturated carbocycles.